The third kappa shape index (κ3) is 7.78. The number of carbonyl (C=O) groups is 2. The first-order valence-electron chi connectivity index (χ1n) is 11.8. The van der Waals surface area contributed by atoms with Gasteiger partial charge in [0.05, 0.1) is 23.0 Å². The summed E-state index contributed by atoms with van der Waals surface area (Å²) in [5.41, 5.74) is 0.199. The first-order valence-corrected chi connectivity index (χ1v) is 13.2. The van der Waals surface area contributed by atoms with Crippen LogP contribution in [-0.2, 0) is 34.5 Å². The van der Waals surface area contributed by atoms with Gasteiger partial charge in [0.15, 0.2) is 0 Å². The molecule has 1 saturated heterocycles. The Hall–Kier alpha value is -1.97. The maximum Gasteiger partial charge on any atom is 0.313 e. The topological polar surface area (TPSA) is 111 Å². The molecular formula is C25H40N2O6S. The van der Waals surface area contributed by atoms with Gasteiger partial charge in [-0.2, -0.15) is 4.72 Å². The molecular weight excluding hydrogens is 456 g/mol. The number of amides is 1. The summed E-state index contributed by atoms with van der Waals surface area (Å²) in [5, 5.41) is 2.83. The van der Waals surface area contributed by atoms with Gasteiger partial charge in [-0.05, 0) is 62.6 Å². The molecule has 0 unspecified atom stereocenters. The summed E-state index contributed by atoms with van der Waals surface area (Å²) in [4.78, 5) is 25.5. The minimum absolute atomic E-state index is 0.0658. The first-order chi connectivity index (χ1) is 15.5. The lowest BCUT2D eigenvalue weighted by Crippen LogP contribution is -2.52. The Bertz CT molecular complexity index is 959. The van der Waals surface area contributed by atoms with E-state index in [-0.39, 0.29) is 16.2 Å². The lowest BCUT2D eigenvalue weighted by molar-refractivity contribution is -0.182. The van der Waals surface area contributed by atoms with E-state index in [4.69, 9.17) is 9.47 Å². The van der Waals surface area contributed by atoms with Crippen molar-refractivity contribution in [1.82, 2.24) is 10.0 Å². The first kappa shape index (κ1) is 28.3. The fourth-order valence-electron chi connectivity index (χ4n) is 3.45. The van der Waals surface area contributed by atoms with Gasteiger partial charge in [0.2, 0.25) is 22.2 Å². The molecule has 1 heterocycles. The van der Waals surface area contributed by atoms with E-state index in [0.29, 0.717) is 19.4 Å². The Balaban J connectivity index is 2.15. The summed E-state index contributed by atoms with van der Waals surface area (Å²) < 4.78 is 39.6. The molecule has 1 aromatic carbocycles. The molecule has 1 amide bonds. The number of ether oxygens (including phenoxy) is 2. The number of hydrogen-bond acceptors (Lipinski definition) is 6. The highest BCUT2D eigenvalue weighted by Crippen LogP contribution is 2.24. The fourth-order valence-corrected chi connectivity index (χ4v) is 4.66. The van der Waals surface area contributed by atoms with Crippen molar-refractivity contribution in [3.63, 3.8) is 0 Å². The fraction of sp³-hybridized carbons (Fsp3) is 0.680. The Kier molecular flexibility index (Phi) is 8.93. The molecule has 0 radical (unpaired) electrons. The third-order valence-corrected chi connectivity index (χ3v) is 7.04. The summed E-state index contributed by atoms with van der Waals surface area (Å²) in [6.45, 7) is 15.5. The quantitative estimate of drug-likeness (QED) is 0.533. The number of rotatable bonds is 8. The molecule has 0 aliphatic carbocycles. The van der Waals surface area contributed by atoms with Crippen LogP contribution in [0.2, 0.25) is 0 Å². The average molecular weight is 497 g/mol. The van der Waals surface area contributed by atoms with E-state index >= 15 is 0 Å². The van der Waals surface area contributed by atoms with E-state index in [0.717, 1.165) is 5.56 Å². The molecule has 2 N–H and O–H groups in total. The van der Waals surface area contributed by atoms with Crippen molar-refractivity contribution >= 4 is 21.9 Å². The molecule has 2 rings (SSSR count). The molecule has 1 aliphatic rings. The normalized spacial score (nSPS) is 20.3. The Labute approximate surface area is 204 Å². The lowest BCUT2D eigenvalue weighted by Gasteiger charge is -2.26. The third-order valence-electron chi connectivity index (χ3n) is 5.55. The van der Waals surface area contributed by atoms with Crippen molar-refractivity contribution in [2.75, 3.05) is 6.61 Å². The van der Waals surface area contributed by atoms with Gasteiger partial charge in [-0.25, -0.2) is 8.42 Å². The standard InChI is InChI=1S/C25H40N2O6S/c1-16(2)15-20(27-34(30,31)18-11-9-17(10-12-18)24(3,4)5)21(28)26-19-13-14-32-22(19)33-23(29)25(6,7)8/h9-12,16,19-20,22,27H,13-15H2,1-8H3,(H,26,28)/t19-,20-,22-/m0/s1. The summed E-state index contributed by atoms with van der Waals surface area (Å²) in [7, 11) is -3.93. The molecule has 0 aromatic heterocycles. The van der Waals surface area contributed by atoms with E-state index in [1.165, 1.54) is 0 Å². The predicted octanol–water partition coefficient (Wildman–Crippen LogP) is 3.50. The minimum Gasteiger partial charge on any atom is -0.433 e. The van der Waals surface area contributed by atoms with Crippen molar-refractivity contribution in [3.8, 4) is 0 Å². The highest BCUT2D eigenvalue weighted by molar-refractivity contribution is 7.89. The number of esters is 1. The van der Waals surface area contributed by atoms with Gasteiger partial charge in [-0.15, -0.1) is 0 Å². The Morgan fingerprint density at radius 2 is 1.68 bits per heavy atom. The lowest BCUT2D eigenvalue weighted by atomic mass is 9.87. The van der Waals surface area contributed by atoms with Crippen molar-refractivity contribution in [2.24, 2.45) is 11.3 Å². The molecule has 192 valence electrons. The largest absolute Gasteiger partial charge is 0.433 e. The highest BCUT2D eigenvalue weighted by atomic mass is 32.2. The van der Waals surface area contributed by atoms with Gasteiger partial charge in [-0.1, -0.05) is 46.8 Å². The zero-order valence-corrected chi connectivity index (χ0v) is 22.4. The molecule has 0 spiro atoms. The minimum atomic E-state index is -3.93. The van der Waals surface area contributed by atoms with Crippen LogP contribution in [0.3, 0.4) is 0 Å². The smallest absolute Gasteiger partial charge is 0.313 e. The van der Waals surface area contributed by atoms with Crippen molar-refractivity contribution in [2.45, 2.75) is 96.9 Å². The van der Waals surface area contributed by atoms with Gasteiger partial charge in [0, 0.05) is 0 Å². The summed E-state index contributed by atoms with van der Waals surface area (Å²) in [6.07, 6.45) is -0.133. The van der Waals surface area contributed by atoms with Crippen molar-refractivity contribution < 1.29 is 27.5 Å². The van der Waals surface area contributed by atoms with Crippen molar-refractivity contribution in [1.29, 1.82) is 0 Å². The van der Waals surface area contributed by atoms with E-state index in [2.05, 4.69) is 30.8 Å². The number of hydrogen-bond donors (Lipinski definition) is 2. The van der Waals surface area contributed by atoms with E-state index in [9.17, 15) is 18.0 Å². The molecule has 1 fully saturated rings. The van der Waals surface area contributed by atoms with Gasteiger partial charge in [0.25, 0.3) is 0 Å². The second-order valence-corrected chi connectivity index (χ2v) is 13.1. The van der Waals surface area contributed by atoms with Gasteiger partial charge in [0.1, 0.15) is 6.04 Å². The summed E-state index contributed by atoms with van der Waals surface area (Å²) >= 11 is 0. The van der Waals surface area contributed by atoms with Crippen molar-refractivity contribution in [3.05, 3.63) is 29.8 Å². The van der Waals surface area contributed by atoms with Crippen LogP contribution in [0.4, 0.5) is 0 Å². The number of sulfonamides is 1. The average Bonchev–Trinajstić information content (AvgIpc) is 3.12. The van der Waals surface area contributed by atoms with E-state index in [1.54, 1.807) is 45.0 Å². The van der Waals surface area contributed by atoms with Crippen LogP contribution in [0, 0.1) is 11.3 Å². The van der Waals surface area contributed by atoms with Crippen LogP contribution in [0.5, 0.6) is 0 Å². The maximum absolute atomic E-state index is 13.1. The highest BCUT2D eigenvalue weighted by Gasteiger charge is 2.37. The van der Waals surface area contributed by atoms with Gasteiger partial charge < -0.3 is 14.8 Å². The van der Waals surface area contributed by atoms with Crippen LogP contribution >= 0.6 is 0 Å². The van der Waals surface area contributed by atoms with Gasteiger partial charge in [-0.3, -0.25) is 9.59 Å². The summed E-state index contributed by atoms with van der Waals surface area (Å²) in [5.74, 6) is -0.844. The van der Waals surface area contributed by atoms with Crippen LogP contribution in [-0.4, -0.2) is 45.3 Å². The Morgan fingerprint density at radius 3 is 2.18 bits per heavy atom. The summed E-state index contributed by atoms with van der Waals surface area (Å²) in [6, 6.07) is 5.16. The molecule has 3 atom stereocenters. The zero-order valence-electron chi connectivity index (χ0n) is 21.6. The van der Waals surface area contributed by atoms with Crippen LogP contribution in [0.1, 0.15) is 73.8 Å². The molecule has 0 bridgehead atoms. The number of nitrogens with one attached hydrogen (secondary N) is 2. The number of benzene rings is 1. The van der Waals surface area contributed by atoms with Crippen LogP contribution in [0.15, 0.2) is 29.2 Å². The second kappa shape index (κ2) is 10.7. The van der Waals surface area contributed by atoms with Crippen LogP contribution < -0.4 is 10.0 Å². The van der Waals surface area contributed by atoms with Gasteiger partial charge >= 0.3 is 5.97 Å². The molecule has 1 aromatic rings. The number of carbonyl (C=O) groups excluding carboxylic acids is 2. The molecule has 1 aliphatic heterocycles. The van der Waals surface area contributed by atoms with E-state index < -0.39 is 45.7 Å². The second-order valence-electron chi connectivity index (χ2n) is 11.4. The SMILES string of the molecule is CC(C)C[C@H](NS(=O)(=O)c1ccc(C(C)(C)C)cc1)C(=O)N[C@H]1CCO[C@H]1OC(=O)C(C)(C)C. The molecule has 0 saturated carbocycles. The monoisotopic (exact) mass is 496 g/mol. The molecule has 34 heavy (non-hydrogen) atoms. The Morgan fingerprint density at radius 1 is 1.09 bits per heavy atom. The van der Waals surface area contributed by atoms with Crippen LogP contribution in [0.25, 0.3) is 0 Å². The predicted molar refractivity (Wildman–Crippen MR) is 131 cm³/mol. The zero-order chi connectivity index (χ0) is 25.9. The van der Waals surface area contributed by atoms with E-state index in [1.807, 2.05) is 13.8 Å². The molecule has 9 heteroatoms. The maximum atomic E-state index is 13.1. The molecule has 8 nitrogen and oxygen atoms in total.